The maximum atomic E-state index is 12.5. The van der Waals surface area contributed by atoms with Crippen molar-refractivity contribution < 1.29 is 47.7 Å². The lowest BCUT2D eigenvalue weighted by Gasteiger charge is -2.62. The fourth-order valence-corrected chi connectivity index (χ4v) is 24.8. The van der Waals surface area contributed by atoms with Crippen LogP contribution in [0.3, 0.4) is 0 Å². The first-order chi connectivity index (χ1) is 44.1. The van der Waals surface area contributed by atoms with E-state index in [2.05, 4.69) is 76.2 Å². The van der Waals surface area contributed by atoms with Crippen LogP contribution in [0.2, 0.25) is 0 Å². The first-order valence-electron chi connectivity index (χ1n) is 40.2. The Morgan fingerprint density at radius 1 is 0.398 bits per heavy atom. The van der Waals surface area contributed by atoms with Crippen molar-refractivity contribution in [2.75, 3.05) is 0 Å². The van der Waals surface area contributed by atoms with Gasteiger partial charge in [0.25, 0.3) is 0 Å². The Bertz CT molecular complexity index is 2470. The lowest BCUT2D eigenvalue weighted by molar-refractivity contribution is -0.227. The second-order valence-corrected chi connectivity index (χ2v) is 36.7. The summed E-state index contributed by atoms with van der Waals surface area (Å²) in [6, 6.07) is 0. The van der Waals surface area contributed by atoms with E-state index < -0.39 is 0 Å². The van der Waals surface area contributed by atoms with Gasteiger partial charge in [0.2, 0.25) is 0 Å². The van der Waals surface area contributed by atoms with Crippen molar-refractivity contribution in [2.24, 2.45) is 142 Å². The van der Waals surface area contributed by atoms with E-state index in [1.807, 2.05) is 41.5 Å². The zero-order valence-corrected chi connectivity index (χ0v) is 62.5. The summed E-state index contributed by atoms with van der Waals surface area (Å²) in [7, 11) is 0. The molecule has 17 fully saturated rings. The summed E-state index contributed by atoms with van der Waals surface area (Å²) in [5.74, 6) is 14.7. The van der Waals surface area contributed by atoms with Crippen molar-refractivity contribution in [3.8, 4) is 0 Å². The predicted molar refractivity (Wildman–Crippen MR) is 371 cm³/mol. The van der Waals surface area contributed by atoms with Crippen LogP contribution in [0.5, 0.6) is 0 Å². The number of hydrogen-bond donors (Lipinski definition) is 0. The lowest BCUT2D eigenvalue weighted by Crippen LogP contribution is -2.62. The van der Waals surface area contributed by atoms with Crippen LogP contribution < -0.4 is 0 Å². The number of fused-ring (bicyclic) bond motifs is 7. The smallest absolute Gasteiger partial charge is 0.309 e. The fraction of sp³-hybridized carbons (Fsp3) is 0.940. The van der Waals surface area contributed by atoms with Crippen molar-refractivity contribution in [3.05, 3.63) is 0 Å². The largest absolute Gasteiger partial charge is 0.459 e. The first kappa shape index (κ1) is 73.1. The van der Waals surface area contributed by atoms with E-state index >= 15 is 0 Å². The van der Waals surface area contributed by atoms with E-state index in [4.69, 9.17) is 23.7 Å². The van der Waals surface area contributed by atoms with Crippen molar-refractivity contribution in [2.45, 2.75) is 351 Å². The van der Waals surface area contributed by atoms with Gasteiger partial charge in [0, 0.05) is 11.3 Å². The van der Waals surface area contributed by atoms with E-state index in [9.17, 15) is 24.0 Å². The molecule has 10 heteroatoms. The molecule has 0 amide bonds. The lowest BCUT2D eigenvalue weighted by atomic mass is 9.46. The molecule has 0 heterocycles. The molecule has 17 saturated carbocycles. The van der Waals surface area contributed by atoms with Gasteiger partial charge in [0.05, 0.1) is 29.6 Å². The molecule has 0 N–H and O–H groups in total. The minimum absolute atomic E-state index is 0.00699. The highest BCUT2D eigenvalue weighted by Gasteiger charge is 2.65. The molecular weight excluding hydrogens is 1160 g/mol. The van der Waals surface area contributed by atoms with Crippen LogP contribution in [0, 0.1) is 142 Å². The average Bonchev–Trinajstić information content (AvgIpc) is 1.40. The first-order valence-corrected chi connectivity index (χ1v) is 40.2. The van der Waals surface area contributed by atoms with Crippen molar-refractivity contribution in [3.63, 3.8) is 0 Å². The zero-order chi connectivity index (χ0) is 67.3. The summed E-state index contributed by atoms with van der Waals surface area (Å²) >= 11 is 0. The number of rotatable bonds is 19. The van der Waals surface area contributed by atoms with Crippen LogP contribution in [0.15, 0.2) is 0 Å². The van der Waals surface area contributed by atoms with Gasteiger partial charge in [-0.2, -0.15) is 0 Å². The maximum absolute atomic E-state index is 12.5. The van der Waals surface area contributed by atoms with Crippen LogP contribution in [0.25, 0.3) is 0 Å². The van der Waals surface area contributed by atoms with Crippen molar-refractivity contribution in [1.82, 2.24) is 0 Å². The minimum Gasteiger partial charge on any atom is -0.459 e. The molecule has 0 aromatic heterocycles. The van der Waals surface area contributed by atoms with Crippen LogP contribution in [0.4, 0.5) is 0 Å². The summed E-state index contributed by atoms with van der Waals surface area (Å²) in [5.41, 5.74) is -0.504. The molecular formula is C83H138O10. The van der Waals surface area contributed by atoms with E-state index in [1.165, 1.54) is 148 Å². The van der Waals surface area contributed by atoms with E-state index in [1.54, 1.807) is 0 Å². The van der Waals surface area contributed by atoms with Gasteiger partial charge in [-0.15, -0.1) is 0 Å². The maximum Gasteiger partial charge on any atom is 0.309 e. The van der Waals surface area contributed by atoms with Gasteiger partial charge < -0.3 is 23.7 Å². The molecule has 13 atom stereocenters. The van der Waals surface area contributed by atoms with Gasteiger partial charge in [0.15, 0.2) is 0 Å². The molecule has 93 heavy (non-hydrogen) atoms. The summed E-state index contributed by atoms with van der Waals surface area (Å²) in [6.07, 6.45) is 39.7. The molecule has 17 aliphatic carbocycles. The summed E-state index contributed by atoms with van der Waals surface area (Å²) in [6.45, 7) is 35.7. The van der Waals surface area contributed by atoms with Crippen LogP contribution in [0.1, 0.15) is 323 Å². The number of hydrogen-bond acceptors (Lipinski definition) is 10. The highest BCUT2D eigenvalue weighted by molar-refractivity contribution is 5.74. The molecule has 17 aliphatic rings. The third-order valence-corrected chi connectivity index (χ3v) is 30.6. The van der Waals surface area contributed by atoms with Crippen LogP contribution >= 0.6 is 0 Å². The molecule has 0 aromatic rings. The molecule has 16 bridgehead atoms. The normalized spacial score (nSPS) is 43.2. The number of ether oxygens (including phenoxy) is 5. The summed E-state index contributed by atoms with van der Waals surface area (Å²) < 4.78 is 30.4. The van der Waals surface area contributed by atoms with Gasteiger partial charge in [0.1, 0.15) is 28.0 Å². The van der Waals surface area contributed by atoms with Gasteiger partial charge in [-0.05, 0) is 320 Å². The Balaban J connectivity index is 0.000000128. The Hall–Kier alpha value is -2.65. The molecule has 530 valence electrons. The highest BCUT2D eigenvalue weighted by Crippen LogP contribution is 2.67. The zero-order valence-electron chi connectivity index (χ0n) is 62.5. The Morgan fingerprint density at radius 3 is 1.23 bits per heavy atom. The third-order valence-electron chi connectivity index (χ3n) is 30.6. The van der Waals surface area contributed by atoms with E-state index in [0.717, 1.165) is 123 Å². The predicted octanol–water partition coefficient (Wildman–Crippen LogP) is 20.5. The molecule has 0 aliphatic heterocycles. The number of carbonyl (C=O) groups excluding carboxylic acids is 5. The summed E-state index contributed by atoms with van der Waals surface area (Å²) in [5, 5.41) is 0. The number of esters is 5. The molecule has 0 aromatic carbocycles. The molecule has 0 radical (unpaired) electrons. The second-order valence-electron chi connectivity index (χ2n) is 36.7. The average molecular weight is 1300 g/mol. The quantitative estimate of drug-likeness (QED) is 0.0910. The second kappa shape index (κ2) is 29.3. The van der Waals surface area contributed by atoms with Gasteiger partial charge in [-0.25, -0.2) is 0 Å². The fourth-order valence-electron chi connectivity index (χ4n) is 24.8. The molecule has 0 saturated heterocycles. The molecule has 17 rings (SSSR count). The molecule has 0 spiro atoms. The summed E-state index contributed by atoms with van der Waals surface area (Å²) in [4.78, 5) is 61.1. The standard InChI is InChI=1S/2C18H30O2.2C17H28O2.C13H22O2/c1-5-12(2)16(19)20-17(3,4)18-9-13-6-14(10-18)8-15(7-13)11-18;1-5-12(4)17(19)20-18(11(2)3)15-7-13-6-14(9-15)10-16(18)8-13;1-4-11(3)16(18)19-17(5-2)14-7-12-6-13(9-14)10-15(17)8-12;1-4-11(3)16(18)19-17(5-2)10-12-9-15(17)14-8-6-7-13(12)14;1-4-9(2)12(14)15-13(3)8-10-5-6-11(13)7-10/h12-15H,5-11H2,1-4H3;11-16H,5-10H2,1-4H3;2*11-15H,4-10H2,1-3H3;9-11H,4-8H2,1-3H3. The van der Waals surface area contributed by atoms with Gasteiger partial charge in [-0.1, -0.05) is 103 Å². The minimum atomic E-state index is -0.288. The molecule has 13 unspecified atom stereocenters. The SMILES string of the molecule is CCC(C)C(=O)OC(C)(C)C12CC3CC(CC(C3)C1)C2.CCC(C)C(=O)OC1(C(C)C)C2CC3CC(C2)CC1C3.CCC(C)C(=O)OC1(C)CC2CCC1C2.CCC(C)C(=O)OC1(CC)C2CC3CC(C2)CC1C3.CCC(C)C(=O)OC1(CC)CC2CC1C1CCCC21. The monoisotopic (exact) mass is 1300 g/mol. The topological polar surface area (TPSA) is 132 Å². The molecule has 10 nitrogen and oxygen atoms in total. The Labute approximate surface area is 567 Å². The highest BCUT2D eigenvalue weighted by atomic mass is 16.6. The van der Waals surface area contributed by atoms with Gasteiger partial charge >= 0.3 is 29.8 Å². The van der Waals surface area contributed by atoms with Crippen LogP contribution in [-0.2, 0) is 47.7 Å². The van der Waals surface area contributed by atoms with E-state index in [0.29, 0.717) is 41.4 Å². The van der Waals surface area contributed by atoms with Gasteiger partial charge in [-0.3, -0.25) is 24.0 Å². The Kier molecular flexibility index (Phi) is 23.0. The Morgan fingerprint density at radius 2 is 0.806 bits per heavy atom. The number of carbonyl (C=O) groups is 5. The van der Waals surface area contributed by atoms with E-state index in [-0.39, 0.29) is 92.9 Å². The van der Waals surface area contributed by atoms with Crippen molar-refractivity contribution in [1.29, 1.82) is 0 Å². The third kappa shape index (κ3) is 14.4. The van der Waals surface area contributed by atoms with Crippen molar-refractivity contribution >= 4 is 29.8 Å². The van der Waals surface area contributed by atoms with Crippen LogP contribution in [-0.4, -0.2) is 57.9 Å².